The van der Waals surface area contributed by atoms with Crippen molar-refractivity contribution in [3.05, 3.63) is 46.7 Å². The van der Waals surface area contributed by atoms with Gasteiger partial charge < -0.3 is 19.9 Å². The lowest BCUT2D eigenvalue weighted by atomic mass is 10.1. The van der Waals surface area contributed by atoms with Gasteiger partial charge in [0.1, 0.15) is 5.76 Å². The van der Waals surface area contributed by atoms with Gasteiger partial charge in [0.15, 0.2) is 5.82 Å². The first-order valence-corrected chi connectivity index (χ1v) is 8.00. The number of hydrogen-bond acceptors (Lipinski definition) is 6. The molecule has 1 heterocycles. The van der Waals surface area contributed by atoms with Crippen molar-refractivity contribution < 1.29 is 32.0 Å². The van der Waals surface area contributed by atoms with Crippen LogP contribution in [0.5, 0.6) is 0 Å². The molecule has 0 aliphatic rings. The van der Waals surface area contributed by atoms with Crippen molar-refractivity contribution in [3.63, 3.8) is 0 Å². The molecule has 0 bridgehead atoms. The number of ether oxygens (including phenoxy) is 1. The molecule has 0 spiro atoms. The van der Waals surface area contributed by atoms with Gasteiger partial charge >= 0.3 is 17.8 Å². The first-order valence-electron chi connectivity index (χ1n) is 7.62. The monoisotopic (exact) mass is 405 g/mol. The van der Waals surface area contributed by atoms with E-state index in [9.17, 15) is 22.8 Å². The van der Waals surface area contributed by atoms with Gasteiger partial charge in [-0.15, -0.1) is 0 Å². The van der Waals surface area contributed by atoms with E-state index in [1.807, 2.05) is 5.32 Å². The molecule has 0 saturated carbocycles. The summed E-state index contributed by atoms with van der Waals surface area (Å²) in [5.41, 5.74) is -3.77. The van der Waals surface area contributed by atoms with Crippen molar-refractivity contribution in [1.82, 2.24) is 10.5 Å². The highest BCUT2D eigenvalue weighted by Gasteiger charge is 2.64. The molecule has 27 heavy (non-hydrogen) atoms. The van der Waals surface area contributed by atoms with Gasteiger partial charge in [0.05, 0.1) is 6.61 Å². The zero-order valence-electron chi connectivity index (χ0n) is 14.2. The van der Waals surface area contributed by atoms with Crippen LogP contribution in [0.15, 0.2) is 34.9 Å². The molecule has 7 nitrogen and oxygen atoms in total. The average Bonchev–Trinajstić information content (AvgIpc) is 2.98. The van der Waals surface area contributed by atoms with Crippen LogP contribution in [0.4, 0.5) is 19.0 Å². The largest absolute Gasteiger partial charge is 0.463 e. The Morgan fingerprint density at radius 3 is 2.52 bits per heavy atom. The van der Waals surface area contributed by atoms with Gasteiger partial charge in [-0.25, -0.2) is 4.79 Å². The summed E-state index contributed by atoms with van der Waals surface area (Å²) in [7, 11) is 0. The summed E-state index contributed by atoms with van der Waals surface area (Å²) in [6.07, 6.45) is -5.28. The fourth-order valence-corrected chi connectivity index (χ4v) is 2.31. The normalized spacial score (nSPS) is 13.6. The van der Waals surface area contributed by atoms with E-state index in [1.165, 1.54) is 32.0 Å². The van der Waals surface area contributed by atoms with Crippen LogP contribution in [-0.4, -0.2) is 35.5 Å². The molecule has 2 N–H and O–H groups in total. The summed E-state index contributed by atoms with van der Waals surface area (Å²) in [5, 5.41) is 7.07. The van der Waals surface area contributed by atoms with Crippen LogP contribution in [0.1, 0.15) is 23.0 Å². The van der Waals surface area contributed by atoms with Crippen LogP contribution in [-0.2, 0) is 9.53 Å². The van der Waals surface area contributed by atoms with E-state index >= 15 is 0 Å². The van der Waals surface area contributed by atoms with Crippen LogP contribution in [0.25, 0.3) is 0 Å². The van der Waals surface area contributed by atoms with Crippen molar-refractivity contribution in [1.29, 1.82) is 0 Å². The first-order chi connectivity index (χ1) is 12.6. The maximum Gasteiger partial charge on any atom is 0.441 e. The van der Waals surface area contributed by atoms with E-state index in [-0.39, 0.29) is 23.0 Å². The SMILES string of the molecule is CCOC(=O)[C@](NC(=O)c1cccc(Cl)c1)(Nc1cc(C)on1)C(F)(F)F. The lowest BCUT2D eigenvalue weighted by Gasteiger charge is -2.34. The number of benzene rings is 1. The number of anilines is 1. The highest BCUT2D eigenvalue weighted by Crippen LogP contribution is 2.33. The van der Waals surface area contributed by atoms with Gasteiger partial charge in [-0.2, -0.15) is 13.2 Å². The van der Waals surface area contributed by atoms with Crippen LogP contribution in [0.2, 0.25) is 5.02 Å². The number of carbonyl (C=O) groups excluding carboxylic acids is 2. The van der Waals surface area contributed by atoms with E-state index < -0.39 is 29.5 Å². The van der Waals surface area contributed by atoms with Gasteiger partial charge in [0.25, 0.3) is 5.91 Å². The first kappa shape index (κ1) is 20.6. The van der Waals surface area contributed by atoms with Crippen LogP contribution in [0, 0.1) is 6.92 Å². The molecule has 0 fully saturated rings. The Balaban J connectivity index is 2.48. The third-order valence-electron chi connectivity index (χ3n) is 3.34. The number of aromatic nitrogens is 1. The van der Waals surface area contributed by atoms with E-state index in [4.69, 9.17) is 16.1 Å². The Morgan fingerprint density at radius 2 is 2.00 bits per heavy atom. The molecule has 1 atom stereocenters. The smallest absolute Gasteiger partial charge is 0.441 e. The van der Waals surface area contributed by atoms with Crippen molar-refractivity contribution in [2.45, 2.75) is 25.7 Å². The van der Waals surface area contributed by atoms with Crippen LogP contribution in [0.3, 0.4) is 0 Å². The standard InChI is InChI=1S/C16H15ClF3N3O4/c1-3-26-14(25)15(16(18,19)20,21-12-7-9(2)27-23-12)22-13(24)10-5-4-6-11(17)8-10/h4-8H,3H2,1-2H3,(H,21,23)(H,22,24)/t15-/m1/s1. The summed E-state index contributed by atoms with van der Waals surface area (Å²) >= 11 is 5.76. The molecule has 0 radical (unpaired) electrons. The molecule has 0 saturated heterocycles. The minimum absolute atomic E-state index is 0.136. The maximum atomic E-state index is 13.9. The number of amides is 1. The quantitative estimate of drug-likeness (QED) is 0.566. The molecule has 2 rings (SSSR count). The second-order valence-corrected chi connectivity index (χ2v) is 5.82. The van der Waals surface area contributed by atoms with Crippen LogP contribution >= 0.6 is 11.6 Å². The molecule has 0 aliphatic carbocycles. The van der Waals surface area contributed by atoms with E-state index in [0.717, 1.165) is 12.1 Å². The topological polar surface area (TPSA) is 93.5 Å². The number of alkyl halides is 3. The molecular weight excluding hydrogens is 391 g/mol. The predicted molar refractivity (Wildman–Crippen MR) is 89.2 cm³/mol. The van der Waals surface area contributed by atoms with E-state index in [2.05, 4.69) is 9.89 Å². The molecule has 146 valence electrons. The minimum atomic E-state index is -5.28. The number of nitrogens with zero attached hydrogens (tertiary/aromatic N) is 1. The van der Waals surface area contributed by atoms with Gasteiger partial charge in [0, 0.05) is 16.7 Å². The third kappa shape index (κ3) is 4.51. The highest BCUT2D eigenvalue weighted by molar-refractivity contribution is 6.31. The van der Waals surface area contributed by atoms with Gasteiger partial charge in [-0.05, 0) is 32.0 Å². The fraction of sp³-hybridized carbons (Fsp3) is 0.312. The summed E-state index contributed by atoms with van der Waals surface area (Å²) in [4.78, 5) is 24.7. The molecule has 0 aliphatic heterocycles. The number of hydrogen-bond donors (Lipinski definition) is 2. The average molecular weight is 406 g/mol. The van der Waals surface area contributed by atoms with Crippen LogP contribution < -0.4 is 10.6 Å². The van der Waals surface area contributed by atoms with E-state index in [1.54, 1.807) is 5.32 Å². The summed E-state index contributed by atoms with van der Waals surface area (Å²) in [6, 6.07) is 6.35. The lowest BCUT2D eigenvalue weighted by Crippen LogP contribution is -2.69. The number of halogens is 4. The number of esters is 1. The molecule has 0 unspecified atom stereocenters. The highest BCUT2D eigenvalue weighted by atomic mass is 35.5. The molecule has 2 aromatic rings. The molecule has 11 heteroatoms. The Labute approximate surface area is 156 Å². The summed E-state index contributed by atoms with van der Waals surface area (Å²) in [5.74, 6) is -3.17. The number of carbonyl (C=O) groups is 2. The fourth-order valence-electron chi connectivity index (χ4n) is 2.12. The van der Waals surface area contributed by atoms with Crippen molar-refractivity contribution >= 4 is 29.3 Å². The molecule has 1 aromatic carbocycles. The predicted octanol–water partition coefficient (Wildman–Crippen LogP) is 3.30. The third-order valence-corrected chi connectivity index (χ3v) is 3.57. The van der Waals surface area contributed by atoms with E-state index in [0.29, 0.717) is 0 Å². The summed E-state index contributed by atoms with van der Waals surface area (Å²) in [6.45, 7) is 2.43. The maximum absolute atomic E-state index is 13.9. The molecule has 1 aromatic heterocycles. The minimum Gasteiger partial charge on any atom is -0.463 e. The van der Waals surface area contributed by atoms with Gasteiger partial charge in [-0.3, -0.25) is 4.79 Å². The zero-order valence-corrected chi connectivity index (χ0v) is 14.9. The van der Waals surface area contributed by atoms with Crippen molar-refractivity contribution in [2.75, 3.05) is 11.9 Å². The van der Waals surface area contributed by atoms with Crippen molar-refractivity contribution in [3.8, 4) is 0 Å². The Hall–Kier alpha value is -2.75. The Bertz CT molecular complexity index is 840. The Kier molecular flexibility index (Phi) is 5.99. The summed E-state index contributed by atoms with van der Waals surface area (Å²) < 4.78 is 51.1. The zero-order chi connectivity index (χ0) is 20.2. The number of nitrogens with one attached hydrogen (secondary N) is 2. The van der Waals surface area contributed by atoms with Gasteiger partial charge in [0.2, 0.25) is 0 Å². The lowest BCUT2D eigenvalue weighted by molar-refractivity contribution is -0.204. The number of rotatable bonds is 6. The Morgan fingerprint density at radius 1 is 1.30 bits per heavy atom. The molecular formula is C16H15ClF3N3O4. The number of aryl methyl sites for hydroxylation is 1. The van der Waals surface area contributed by atoms with Gasteiger partial charge in [-0.1, -0.05) is 22.8 Å². The second-order valence-electron chi connectivity index (χ2n) is 5.38. The second kappa shape index (κ2) is 7.87. The molecule has 1 amide bonds. The van der Waals surface area contributed by atoms with Crippen molar-refractivity contribution in [2.24, 2.45) is 0 Å².